The Morgan fingerprint density at radius 1 is 1.58 bits per heavy atom. The van der Waals surface area contributed by atoms with E-state index in [9.17, 15) is 0 Å². The first-order chi connectivity index (χ1) is 5.86. The van der Waals surface area contributed by atoms with Crippen LogP contribution >= 0.6 is 11.8 Å². The van der Waals surface area contributed by atoms with E-state index >= 15 is 0 Å². The monoisotopic (exact) mass is 181 g/mol. The lowest BCUT2D eigenvalue weighted by Crippen LogP contribution is -2.21. The number of allylic oxidation sites excluding steroid dienone is 1. The highest BCUT2D eigenvalue weighted by Crippen LogP contribution is 2.13. The summed E-state index contributed by atoms with van der Waals surface area (Å²) in [6.45, 7) is 0. The topological polar surface area (TPSA) is 69.1 Å². The van der Waals surface area contributed by atoms with Gasteiger partial charge in [0.05, 0.1) is 0 Å². The third-order valence-electron chi connectivity index (χ3n) is 1.35. The molecule has 0 aliphatic carbocycles. The molecule has 0 aromatic carbocycles. The predicted octanol–water partition coefficient (Wildman–Crippen LogP) is 0.0275. The number of rotatable bonds is 0. The molecule has 1 aromatic rings. The fourth-order valence-electron chi connectivity index (χ4n) is 0.847. The molecular formula is C6H7N5S. The maximum absolute atomic E-state index is 5.59. The Balaban J connectivity index is 2.30. The number of hydrogen-bond acceptors (Lipinski definition) is 5. The largest absolute Gasteiger partial charge is 0.301 e. The fourth-order valence-corrected chi connectivity index (χ4v) is 1.38. The summed E-state index contributed by atoms with van der Waals surface area (Å²) < 4.78 is 1.58. The molecule has 2 heterocycles. The zero-order valence-electron chi connectivity index (χ0n) is 6.16. The van der Waals surface area contributed by atoms with Crippen molar-refractivity contribution in [1.29, 1.82) is 0 Å². The van der Waals surface area contributed by atoms with Gasteiger partial charge >= 0.3 is 0 Å². The van der Waals surface area contributed by atoms with Gasteiger partial charge in [-0.2, -0.15) is 5.10 Å². The van der Waals surface area contributed by atoms with E-state index in [0.717, 1.165) is 5.84 Å². The standard InChI is InChI=1S/C6H7N5S/c7-6-10-5(1-2-12-6)11-4-8-3-9-11/h1-4,6H,7H2. The van der Waals surface area contributed by atoms with Gasteiger partial charge < -0.3 is 5.73 Å². The van der Waals surface area contributed by atoms with Crippen molar-refractivity contribution in [1.82, 2.24) is 14.8 Å². The molecule has 5 nitrogen and oxygen atoms in total. The number of nitrogens with zero attached hydrogens (tertiary/aromatic N) is 4. The maximum Gasteiger partial charge on any atom is 0.153 e. The van der Waals surface area contributed by atoms with Crippen LogP contribution < -0.4 is 5.73 Å². The number of hydrogen-bond donors (Lipinski definition) is 1. The third kappa shape index (κ3) is 1.39. The van der Waals surface area contributed by atoms with Crippen LogP contribution in [0.3, 0.4) is 0 Å². The molecule has 12 heavy (non-hydrogen) atoms. The molecule has 0 fully saturated rings. The zero-order valence-corrected chi connectivity index (χ0v) is 6.98. The average molecular weight is 181 g/mol. The molecule has 1 aromatic heterocycles. The van der Waals surface area contributed by atoms with Crippen LogP contribution in [0.4, 0.5) is 0 Å². The van der Waals surface area contributed by atoms with Gasteiger partial charge in [0.25, 0.3) is 0 Å². The molecule has 1 aliphatic heterocycles. The fraction of sp³-hybridized carbons (Fsp3) is 0.167. The van der Waals surface area contributed by atoms with Crippen molar-refractivity contribution in [3.8, 4) is 0 Å². The van der Waals surface area contributed by atoms with E-state index in [-0.39, 0.29) is 5.50 Å². The van der Waals surface area contributed by atoms with Gasteiger partial charge in [-0.1, -0.05) is 11.8 Å². The van der Waals surface area contributed by atoms with E-state index in [0.29, 0.717) is 0 Å². The van der Waals surface area contributed by atoms with Crippen molar-refractivity contribution in [3.05, 3.63) is 24.1 Å². The minimum atomic E-state index is -0.228. The highest BCUT2D eigenvalue weighted by atomic mass is 32.2. The van der Waals surface area contributed by atoms with Crippen LogP contribution in [0.15, 0.2) is 29.1 Å². The summed E-state index contributed by atoms with van der Waals surface area (Å²) in [5.41, 5.74) is 5.37. The summed E-state index contributed by atoms with van der Waals surface area (Å²) in [7, 11) is 0. The SMILES string of the molecule is NC1N=C(n2cncn2)C=CS1. The molecule has 1 atom stereocenters. The lowest BCUT2D eigenvalue weighted by Gasteiger charge is -2.09. The molecule has 6 heteroatoms. The molecule has 0 spiro atoms. The molecule has 0 bridgehead atoms. The number of aliphatic imine (C=N–C) groups is 1. The maximum atomic E-state index is 5.59. The third-order valence-corrected chi connectivity index (χ3v) is 2.03. The molecule has 62 valence electrons. The minimum absolute atomic E-state index is 0.228. The van der Waals surface area contributed by atoms with Crippen LogP contribution in [0.25, 0.3) is 0 Å². The molecule has 2 rings (SSSR count). The Labute approximate surface area is 73.4 Å². The van der Waals surface area contributed by atoms with E-state index in [1.165, 1.54) is 18.1 Å². The smallest absolute Gasteiger partial charge is 0.153 e. The Morgan fingerprint density at radius 2 is 2.50 bits per heavy atom. The predicted molar refractivity (Wildman–Crippen MR) is 47.6 cm³/mol. The molecule has 1 aliphatic rings. The first kappa shape index (κ1) is 7.51. The summed E-state index contributed by atoms with van der Waals surface area (Å²) in [4.78, 5) is 7.97. The Bertz CT molecular complexity index is 315. The summed E-state index contributed by atoms with van der Waals surface area (Å²) in [6, 6.07) is 0. The second-order valence-corrected chi connectivity index (χ2v) is 3.18. The summed E-state index contributed by atoms with van der Waals surface area (Å²) in [5.74, 6) is 0.721. The highest BCUT2D eigenvalue weighted by molar-refractivity contribution is 8.02. The van der Waals surface area contributed by atoms with Gasteiger partial charge in [-0.05, 0) is 11.5 Å². The van der Waals surface area contributed by atoms with Gasteiger partial charge in [0.2, 0.25) is 0 Å². The van der Waals surface area contributed by atoms with Crippen LogP contribution in [0, 0.1) is 0 Å². The highest BCUT2D eigenvalue weighted by Gasteiger charge is 2.07. The summed E-state index contributed by atoms with van der Waals surface area (Å²) in [5, 5.41) is 5.83. The molecule has 0 amide bonds. The number of nitrogens with two attached hydrogens (primary N) is 1. The second kappa shape index (κ2) is 3.08. The summed E-state index contributed by atoms with van der Waals surface area (Å²) in [6.07, 6.45) is 4.90. The van der Waals surface area contributed by atoms with Crippen molar-refractivity contribution in [2.75, 3.05) is 0 Å². The van der Waals surface area contributed by atoms with Crippen molar-refractivity contribution in [2.45, 2.75) is 5.50 Å². The van der Waals surface area contributed by atoms with Crippen molar-refractivity contribution in [2.24, 2.45) is 10.7 Å². The van der Waals surface area contributed by atoms with Gasteiger partial charge in [-0.25, -0.2) is 14.7 Å². The first-order valence-corrected chi connectivity index (χ1v) is 4.31. The Morgan fingerprint density at radius 3 is 3.17 bits per heavy atom. The quantitative estimate of drug-likeness (QED) is 0.613. The van der Waals surface area contributed by atoms with Crippen LogP contribution in [-0.4, -0.2) is 26.1 Å². The van der Waals surface area contributed by atoms with Crippen LogP contribution in [0.5, 0.6) is 0 Å². The lowest BCUT2D eigenvalue weighted by molar-refractivity contribution is 0.896. The normalized spacial score (nSPS) is 22.4. The van der Waals surface area contributed by atoms with Crippen molar-refractivity contribution in [3.63, 3.8) is 0 Å². The van der Waals surface area contributed by atoms with Gasteiger partial charge in [0.15, 0.2) is 11.3 Å². The minimum Gasteiger partial charge on any atom is -0.301 e. The van der Waals surface area contributed by atoms with Gasteiger partial charge in [0, 0.05) is 0 Å². The average Bonchev–Trinajstić information content (AvgIpc) is 2.56. The van der Waals surface area contributed by atoms with Crippen LogP contribution in [0.2, 0.25) is 0 Å². The van der Waals surface area contributed by atoms with E-state index in [2.05, 4.69) is 15.1 Å². The van der Waals surface area contributed by atoms with Crippen LogP contribution in [-0.2, 0) is 0 Å². The molecular weight excluding hydrogens is 174 g/mol. The van der Waals surface area contributed by atoms with Crippen molar-refractivity contribution >= 4 is 17.6 Å². The van der Waals surface area contributed by atoms with Crippen molar-refractivity contribution < 1.29 is 0 Å². The molecule has 0 saturated heterocycles. The lowest BCUT2D eigenvalue weighted by atomic mass is 10.5. The molecule has 0 saturated carbocycles. The first-order valence-electron chi connectivity index (χ1n) is 3.36. The van der Waals surface area contributed by atoms with E-state index in [1.807, 2.05) is 11.5 Å². The molecule has 0 radical (unpaired) electrons. The Hall–Kier alpha value is -1.14. The van der Waals surface area contributed by atoms with Crippen LogP contribution in [0.1, 0.15) is 0 Å². The van der Waals surface area contributed by atoms with Gasteiger partial charge in [0.1, 0.15) is 12.7 Å². The number of aromatic nitrogens is 3. The van der Waals surface area contributed by atoms with Gasteiger partial charge in [-0.15, -0.1) is 0 Å². The number of thioether (sulfide) groups is 1. The van der Waals surface area contributed by atoms with E-state index in [4.69, 9.17) is 5.73 Å². The van der Waals surface area contributed by atoms with E-state index < -0.39 is 0 Å². The second-order valence-electron chi connectivity index (χ2n) is 2.16. The Kier molecular flexibility index (Phi) is 1.92. The zero-order chi connectivity index (χ0) is 8.39. The molecule has 1 unspecified atom stereocenters. The van der Waals surface area contributed by atoms with E-state index in [1.54, 1.807) is 11.0 Å². The summed E-state index contributed by atoms with van der Waals surface area (Å²) >= 11 is 1.47. The van der Waals surface area contributed by atoms with Gasteiger partial charge in [-0.3, -0.25) is 0 Å². The molecule has 2 N–H and O–H groups in total.